The lowest BCUT2D eigenvalue weighted by Crippen LogP contribution is -2.41. The van der Waals surface area contributed by atoms with Crippen LogP contribution in [-0.4, -0.2) is 31.8 Å². The topological polar surface area (TPSA) is 95.1 Å². The van der Waals surface area contributed by atoms with E-state index in [-0.39, 0.29) is 6.79 Å². The number of ether oxygens (including phenoxy) is 4. The van der Waals surface area contributed by atoms with Gasteiger partial charge < -0.3 is 29.6 Å². The first kappa shape index (κ1) is 18.0. The summed E-state index contributed by atoms with van der Waals surface area (Å²) in [6, 6.07) is 10.2. The minimum absolute atomic E-state index is 0.149. The number of rotatable bonds is 4. The zero-order valence-electron chi connectivity index (χ0n) is 15.5. The van der Waals surface area contributed by atoms with Gasteiger partial charge in [0, 0.05) is 23.5 Å². The largest absolute Gasteiger partial charge is 0.486 e. The molecule has 28 heavy (non-hydrogen) atoms. The Morgan fingerprint density at radius 1 is 0.750 bits per heavy atom. The third-order valence-corrected chi connectivity index (χ3v) is 4.57. The molecule has 2 heterocycles. The van der Waals surface area contributed by atoms with E-state index in [1.807, 2.05) is 0 Å². The summed E-state index contributed by atoms with van der Waals surface area (Å²) in [6.45, 7) is 4.21. The van der Waals surface area contributed by atoms with Crippen molar-refractivity contribution in [1.82, 2.24) is 0 Å². The minimum Gasteiger partial charge on any atom is -0.486 e. The molecule has 0 saturated heterocycles. The fraction of sp³-hybridized carbons (Fsp3) is 0.300. The van der Waals surface area contributed by atoms with Crippen LogP contribution in [0.15, 0.2) is 36.4 Å². The number of nitrogens with one attached hydrogen (secondary N) is 2. The van der Waals surface area contributed by atoms with Gasteiger partial charge in [0.1, 0.15) is 18.6 Å². The van der Waals surface area contributed by atoms with Gasteiger partial charge in [0.2, 0.25) is 18.6 Å². The third-order valence-electron chi connectivity index (χ3n) is 4.57. The Kier molecular flexibility index (Phi) is 4.46. The lowest BCUT2D eigenvalue weighted by Gasteiger charge is -2.24. The van der Waals surface area contributed by atoms with Crippen molar-refractivity contribution in [3.63, 3.8) is 0 Å². The van der Waals surface area contributed by atoms with Crippen molar-refractivity contribution < 1.29 is 28.5 Å². The number of benzene rings is 2. The van der Waals surface area contributed by atoms with Gasteiger partial charge in [-0.2, -0.15) is 0 Å². The van der Waals surface area contributed by atoms with Gasteiger partial charge >= 0.3 is 0 Å². The molecule has 2 aliphatic heterocycles. The van der Waals surface area contributed by atoms with Gasteiger partial charge in [-0.05, 0) is 38.1 Å². The van der Waals surface area contributed by atoms with Crippen LogP contribution < -0.4 is 29.6 Å². The Bertz CT molecular complexity index is 940. The molecule has 0 atom stereocenters. The Morgan fingerprint density at radius 2 is 1.21 bits per heavy atom. The summed E-state index contributed by atoms with van der Waals surface area (Å²) < 4.78 is 21.5. The van der Waals surface area contributed by atoms with Crippen LogP contribution in [0.4, 0.5) is 11.4 Å². The highest BCUT2D eigenvalue weighted by Gasteiger charge is 2.36. The molecule has 0 aromatic heterocycles. The maximum Gasteiger partial charge on any atom is 0.239 e. The van der Waals surface area contributed by atoms with E-state index >= 15 is 0 Å². The van der Waals surface area contributed by atoms with E-state index in [1.54, 1.807) is 50.2 Å². The number of anilines is 2. The van der Waals surface area contributed by atoms with Crippen molar-refractivity contribution in [1.29, 1.82) is 0 Å². The third kappa shape index (κ3) is 3.40. The van der Waals surface area contributed by atoms with Gasteiger partial charge in [0.05, 0.1) is 0 Å². The Labute approximate surface area is 161 Å². The van der Waals surface area contributed by atoms with Crippen LogP contribution in [0.25, 0.3) is 0 Å². The van der Waals surface area contributed by atoms with Gasteiger partial charge in [-0.1, -0.05) is 0 Å². The van der Waals surface area contributed by atoms with E-state index in [2.05, 4.69) is 10.6 Å². The van der Waals surface area contributed by atoms with Crippen LogP contribution >= 0.6 is 0 Å². The molecule has 2 aliphatic rings. The van der Waals surface area contributed by atoms with Crippen LogP contribution in [0.1, 0.15) is 13.8 Å². The van der Waals surface area contributed by atoms with Crippen LogP contribution in [0.2, 0.25) is 0 Å². The van der Waals surface area contributed by atoms with E-state index in [9.17, 15) is 9.59 Å². The molecule has 146 valence electrons. The SMILES string of the molecule is CC(C)(C(=O)Nc1ccc2c(c1)OCCO2)C(=O)Nc1ccc2c(c1)OCO2. The van der Waals surface area contributed by atoms with E-state index in [4.69, 9.17) is 18.9 Å². The molecule has 4 rings (SSSR count). The summed E-state index contributed by atoms with van der Waals surface area (Å²) in [6.07, 6.45) is 0. The summed E-state index contributed by atoms with van der Waals surface area (Å²) in [5, 5.41) is 5.51. The highest BCUT2D eigenvalue weighted by Crippen LogP contribution is 2.35. The molecule has 0 fully saturated rings. The Balaban J connectivity index is 1.44. The van der Waals surface area contributed by atoms with Crippen LogP contribution in [0.5, 0.6) is 23.0 Å². The molecule has 0 bridgehead atoms. The molecule has 2 N–H and O–H groups in total. The zero-order chi connectivity index (χ0) is 19.7. The monoisotopic (exact) mass is 384 g/mol. The van der Waals surface area contributed by atoms with Crippen LogP contribution in [0.3, 0.4) is 0 Å². The molecule has 0 unspecified atom stereocenters. The second-order valence-electron chi connectivity index (χ2n) is 6.96. The van der Waals surface area contributed by atoms with Crippen molar-refractivity contribution in [2.24, 2.45) is 5.41 Å². The number of fused-ring (bicyclic) bond motifs is 2. The quantitative estimate of drug-likeness (QED) is 0.787. The lowest BCUT2D eigenvalue weighted by atomic mass is 9.90. The first-order valence-corrected chi connectivity index (χ1v) is 8.86. The highest BCUT2D eigenvalue weighted by atomic mass is 16.7. The summed E-state index contributed by atoms with van der Waals surface area (Å²) in [5.41, 5.74) is -0.267. The number of carbonyl (C=O) groups is 2. The molecule has 0 aliphatic carbocycles. The highest BCUT2D eigenvalue weighted by molar-refractivity contribution is 6.14. The summed E-state index contributed by atoms with van der Waals surface area (Å²) in [4.78, 5) is 25.4. The second-order valence-corrected chi connectivity index (χ2v) is 6.96. The van der Waals surface area contributed by atoms with Crippen LogP contribution in [0, 0.1) is 5.41 Å². The maximum atomic E-state index is 12.7. The van der Waals surface area contributed by atoms with Gasteiger partial charge in [0.25, 0.3) is 0 Å². The summed E-state index contributed by atoms with van der Waals surface area (Å²) in [7, 11) is 0. The van der Waals surface area contributed by atoms with Crippen molar-refractivity contribution in [3.8, 4) is 23.0 Å². The van der Waals surface area contributed by atoms with Gasteiger partial charge in [0.15, 0.2) is 23.0 Å². The van der Waals surface area contributed by atoms with Gasteiger partial charge in [-0.25, -0.2) is 0 Å². The molecule has 2 aromatic carbocycles. The predicted molar refractivity (Wildman–Crippen MR) is 101 cm³/mol. The average Bonchev–Trinajstić information content (AvgIpc) is 3.15. The molecule has 2 amide bonds. The Hall–Kier alpha value is -3.42. The number of hydrogen-bond acceptors (Lipinski definition) is 6. The molecule has 0 radical (unpaired) electrons. The normalized spacial score (nSPS) is 14.4. The Morgan fingerprint density at radius 3 is 1.82 bits per heavy atom. The molecule has 0 saturated carbocycles. The van der Waals surface area contributed by atoms with Crippen LogP contribution in [-0.2, 0) is 9.59 Å². The van der Waals surface area contributed by atoms with E-state index < -0.39 is 17.2 Å². The predicted octanol–water partition coefficient (Wildman–Crippen LogP) is 2.79. The van der Waals surface area contributed by atoms with Crippen molar-refractivity contribution in [2.45, 2.75) is 13.8 Å². The van der Waals surface area contributed by atoms with E-state index in [1.165, 1.54) is 0 Å². The van der Waals surface area contributed by atoms with E-state index in [0.29, 0.717) is 47.6 Å². The summed E-state index contributed by atoms with van der Waals surface area (Å²) >= 11 is 0. The van der Waals surface area contributed by atoms with Crippen molar-refractivity contribution in [3.05, 3.63) is 36.4 Å². The smallest absolute Gasteiger partial charge is 0.239 e. The molecule has 2 aromatic rings. The molecule has 8 heteroatoms. The summed E-state index contributed by atoms with van der Waals surface area (Å²) in [5.74, 6) is 1.48. The first-order chi connectivity index (χ1) is 13.4. The van der Waals surface area contributed by atoms with Gasteiger partial charge in [-0.3, -0.25) is 9.59 Å². The number of hydrogen-bond donors (Lipinski definition) is 2. The second kappa shape index (κ2) is 6.95. The lowest BCUT2D eigenvalue weighted by molar-refractivity contribution is -0.135. The standard InChI is InChI=1S/C20H20N2O6/c1-20(2,19(24)22-13-4-6-15-17(10-13)28-11-27-15)18(23)21-12-3-5-14-16(9-12)26-8-7-25-14/h3-6,9-10H,7-8,11H2,1-2H3,(H,21,23)(H,22,24). The fourth-order valence-corrected chi connectivity index (χ4v) is 2.77. The van der Waals surface area contributed by atoms with Crippen molar-refractivity contribution in [2.75, 3.05) is 30.6 Å². The number of amides is 2. The van der Waals surface area contributed by atoms with Crippen molar-refractivity contribution >= 4 is 23.2 Å². The van der Waals surface area contributed by atoms with Gasteiger partial charge in [-0.15, -0.1) is 0 Å². The fourth-order valence-electron chi connectivity index (χ4n) is 2.77. The maximum absolute atomic E-state index is 12.7. The molecule has 8 nitrogen and oxygen atoms in total. The zero-order valence-corrected chi connectivity index (χ0v) is 15.5. The molecular formula is C20H20N2O6. The number of carbonyl (C=O) groups excluding carboxylic acids is 2. The minimum atomic E-state index is -1.32. The first-order valence-electron chi connectivity index (χ1n) is 8.86. The molecular weight excluding hydrogens is 364 g/mol. The average molecular weight is 384 g/mol. The molecule has 0 spiro atoms. The van der Waals surface area contributed by atoms with E-state index in [0.717, 1.165) is 0 Å².